The second-order valence-corrected chi connectivity index (χ2v) is 6.14. The lowest BCUT2D eigenvalue weighted by atomic mass is 10.3. The van der Waals surface area contributed by atoms with E-state index in [0.717, 1.165) is 11.0 Å². The van der Waals surface area contributed by atoms with Crippen molar-refractivity contribution in [2.75, 3.05) is 0 Å². The van der Waals surface area contributed by atoms with Gasteiger partial charge in [-0.1, -0.05) is 12.1 Å². The lowest BCUT2D eigenvalue weighted by molar-refractivity contribution is 0.0942. The first-order chi connectivity index (χ1) is 10.5. The number of aromatic nitrogens is 2. The molecule has 1 amide bonds. The van der Waals surface area contributed by atoms with Gasteiger partial charge in [0.1, 0.15) is 5.82 Å². The third-order valence-electron chi connectivity index (χ3n) is 3.34. The van der Waals surface area contributed by atoms with Gasteiger partial charge in [-0.3, -0.25) is 9.59 Å². The minimum Gasteiger partial charge on any atom is -0.342 e. The zero-order chi connectivity index (χ0) is 15.7. The van der Waals surface area contributed by atoms with Crippen molar-refractivity contribution in [2.24, 2.45) is 0 Å². The lowest BCUT2D eigenvalue weighted by Crippen LogP contribution is -2.26. The Morgan fingerprint density at radius 1 is 1.18 bits per heavy atom. The van der Waals surface area contributed by atoms with Gasteiger partial charge in [0.05, 0.1) is 26.8 Å². The summed E-state index contributed by atoms with van der Waals surface area (Å²) < 4.78 is 0. The number of imidazole rings is 1. The van der Waals surface area contributed by atoms with Gasteiger partial charge in [0.15, 0.2) is 5.78 Å². The summed E-state index contributed by atoms with van der Waals surface area (Å²) in [4.78, 5) is 32.3. The van der Waals surface area contributed by atoms with Crippen molar-refractivity contribution >= 4 is 34.1 Å². The maximum absolute atomic E-state index is 12.2. The van der Waals surface area contributed by atoms with Crippen LogP contribution in [0.5, 0.6) is 0 Å². The number of benzene rings is 1. The summed E-state index contributed by atoms with van der Waals surface area (Å²) >= 11 is 1.20. The standard InChI is InChI=1S/C16H15N3O2S/c1-9(15-18-11-5-3-4-6-12(11)19-15)17-16(21)14-8-7-13(22-14)10(2)20/h3-9H,1-2H3,(H,17,21)(H,18,19)/t9-/m0/s1. The Morgan fingerprint density at radius 2 is 1.91 bits per heavy atom. The number of Topliss-reactive ketones (excluding diaryl/α,β-unsaturated/α-hetero) is 1. The molecule has 5 nitrogen and oxygen atoms in total. The average molecular weight is 313 g/mol. The second-order valence-electron chi connectivity index (χ2n) is 5.05. The normalized spacial score (nSPS) is 12.3. The van der Waals surface area contributed by atoms with Gasteiger partial charge in [-0.15, -0.1) is 11.3 Å². The Hall–Kier alpha value is -2.47. The Balaban J connectivity index is 1.76. The number of nitrogens with one attached hydrogen (secondary N) is 2. The summed E-state index contributed by atoms with van der Waals surface area (Å²) in [5, 5.41) is 2.89. The molecule has 0 bridgehead atoms. The number of fused-ring (bicyclic) bond motifs is 1. The van der Waals surface area contributed by atoms with Crippen LogP contribution in [0.25, 0.3) is 11.0 Å². The molecule has 0 aliphatic rings. The first kappa shape index (κ1) is 14.5. The van der Waals surface area contributed by atoms with Crippen molar-refractivity contribution in [1.29, 1.82) is 0 Å². The molecule has 0 spiro atoms. The number of carbonyl (C=O) groups is 2. The molecule has 3 rings (SSSR count). The van der Waals surface area contributed by atoms with Gasteiger partial charge >= 0.3 is 0 Å². The van der Waals surface area contributed by atoms with E-state index in [0.29, 0.717) is 15.6 Å². The minimum absolute atomic E-state index is 0.0330. The number of nitrogens with zero attached hydrogens (tertiary/aromatic N) is 1. The van der Waals surface area contributed by atoms with E-state index in [1.807, 2.05) is 31.2 Å². The molecule has 3 aromatic rings. The minimum atomic E-state index is -0.247. The molecule has 112 valence electrons. The Labute approximate surface area is 131 Å². The van der Waals surface area contributed by atoms with Crippen molar-refractivity contribution < 1.29 is 9.59 Å². The molecule has 2 heterocycles. The summed E-state index contributed by atoms with van der Waals surface area (Å²) in [6, 6.07) is 10.8. The van der Waals surface area contributed by atoms with E-state index in [2.05, 4.69) is 15.3 Å². The first-order valence-corrected chi connectivity index (χ1v) is 7.72. The third-order valence-corrected chi connectivity index (χ3v) is 4.53. The molecule has 6 heteroatoms. The highest BCUT2D eigenvalue weighted by Crippen LogP contribution is 2.19. The highest BCUT2D eigenvalue weighted by atomic mass is 32.1. The van der Waals surface area contributed by atoms with E-state index >= 15 is 0 Å². The fraction of sp³-hybridized carbons (Fsp3) is 0.188. The zero-order valence-corrected chi connectivity index (χ0v) is 13.0. The number of carbonyl (C=O) groups excluding carboxylic acids is 2. The number of rotatable bonds is 4. The fourth-order valence-electron chi connectivity index (χ4n) is 2.16. The second kappa shape index (κ2) is 5.73. The van der Waals surface area contributed by atoms with E-state index in [4.69, 9.17) is 0 Å². The van der Waals surface area contributed by atoms with E-state index in [1.54, 1.807) is 12.1 Å². The van der Waals surface area contributed by atoms with Gasteiger partial charge < -0.3 is 10.3 Å². The molecule has 1 atom stereocenters. The summed E-state index contributed by atoms with van der Waals surface area (Å²) in [7, 11) is 0. The van der Waals surface area contributed by atoms with Crippen LogP contribution in [0.15, 0.2) is 36.4 Å². The summed E-state index contributed by atoms with van der Waals surface area (Å²) in [6.45, 7) is 3.36. The molecule has 22 heavy (non-hydrogen) atoms. The molecule has 0 unspecified atom stereocenters. The largest absolute Gasteiger partial charge is 0.342 e. The van der Waals surface area contributed by atoms with Crippen LogP contribution in [0.3, 0.4) is 0 Å². The molecule has 0 saturated heterocycles. The number of aromatic amines is 1. The van der Waals surface area contributed by atoms with E-state index in [9.17, 15) is 9.59 Å². The van der Waals surface area contributed by atoms with Crippen LogP contribution in [-0.2, 0) is 0 Å². The van der Waals surface area contributed by atoms with Crippen molar-refractivity contribution in [1.82, 2.24) is 15.3 Å². The van der Waals surface area contributed by atoms with Gasteiger partial charge in [-0.25, -0.2) is 4.98 Å². The van der Waals surface area contributed by atoms with Crippen LogP contribution < -0.4 is 5.32 Å². The number of amides is 1. The van der Waals surface area contributed by atoms with Gasteiger partial charge in [-0.2, -0.15) is 0 Å². The molecule has 1 aromatic carbocycles. The first-order valence-electron chi connectivity index (χ1n) is 6.91. The molecule has 0 radical (unpaired) electrons. The van der Waals surface area contributed by atoms with E-state index < -0.39 is 0 Å². The molecule has 0 aliphatic carbocycles. The van der Waals surface area contributed by atoms with Crippen molar-refractivity contribution in [3.05, 3.63) is 52.0 Å². The number of hydrogen-bond acceptors (Lipinski definition) is 4. The van der Waals surface area contributed by atoms with E-state index in [-0.39, 0.29) is 17.7 Å². The topological polar surface area (TPSA) is 74.8 Å². The Kier molecular flexibility index (Phi) is 3.77. The van der Waals surface area contributed by atoms with Crippen molar-refractivity contribution in [3.8, 4) is 0 Å². The summed E-state index contributed by atoms with van der Waals surface area (Å²) in [5.74, 6) is 0.470. The highest BCUT2D eigenvalue weighted by Gasteiger charge is 2.16. The molecule has 2 aromatic heterocycles. The summed E-state index contributed by atoms with van der Waals surface area (Å²) in [5.41, 5.74) is 1.81. The Bertz CT molecular complexity index is 817. The monoisotopic (exact) mass is 313 g/mol. The quantitative estimate of drug-likeness (QED) is 0.726. The summed E-state index contributed by atoms with van der Waals surface area (Å²) in [6.07, 6.45) is 0. The number of thiophene rings is 1. The number of para-hydroxylation sites is 2. The van der Waals surface area contributed by atoms with E-state index in [1.165, 1.54) is 18.3 Å². The predicted molar refractivity (Wildman–Crippen MR) is 86.3 cm³/mol. The molecule has 0 saturated carbocycles. The van der Waals surface area contributed by atoms with Crippen LogP contribution in [0.4, 0.5) is 0 Å². The highest BCUT2D eigenvalue weighted by molar-refractivity contribution is 7.15. The van der Waals surface area contributed by atoms with Gasteiger partial charge in [-0.05, 0) is 38.1 Å². The van der Waals surface area contributed by atoms with Crippen LogP contribution in [0.2, 0.25) is 0 Å². The average Bonchev–Trinajstić information content (AvgIpc) is 3.14. The van der Waals surface area contributed by atoms with Gasteiger partial charge in [0, 0.05) is 0 Å². The number of hydrogen-bond donors (Lipinski definition) is 2. The van der Waals surface area contributed by atoms with Crippen LogP contribution >= 0.6 is 11.3 Å². The van der Waals surface area contributed by atoms with Crippen LogP contribution in [0.1, 0.15) is 45.1 Å². The maximum atomic E-state index is 12.2. The maximum Gasteiger partial charge on any atom is 0.261 e. The smallest absolute Gasteiger partial charge is 0.261 e. The Morgan fingerprint density at radius 3 is 2.59 bits per heavy atom. The zero-order valence-electron chi connectivity index (χ0n) is 12.2. The van der Waals surface area contributed by atoms with Crippen molar-refractivity contribution in [3.63, 3.8) is 0 Å². The molecule has 0 fully saturated rings. The molecular formula is C16H15N3O2S. The lowest BCUT2D eigenvalue weighted by Gasteiger charge is -2.10. The van der Waals surface area contributed by atoms with Crippen LogP contribution in [0, 0.1) is 0 Å². The fourth-order valence-corrected chi connectivity index (χ4v) is 2.97. The number of H-pyrrole nitrogens is 1. The van der Waals surface area contributed by atoms with Gasteiger partial charge in [0.2, 0.25) is 0 Å². The number of ketones is 1. The van der Waals surface area contributed by atoms with Gasteiger partial charge in [0.25, 0.3) is 5.91 Å². The molecular weight excluding hydrogens is 298 g/mol. The van der Waals surface area contributed by atoms with Crippen molar-refractivity contribution in [2.45, 2.75) is 19.9 Å². The predicted octanol–water partition coefficient (Wildman–Crippen LogP) is 3.32. The molecule has 0 aliphatic heterocycles. The molecule has 2 N–H and O–H groups in total. The van der Waals surface area contributed by atoms with Crippen LogP contribution in [-0.4, -0.2) is 21.7 Å². The SMILES string of the molecule is CC(=O)c1ccc(C(=O)N[C@@H](C)c2nc3ccccc3[nH]2)s1. The third kappa shape index (κ3) is 2.78.